The van der Waals surface area contributed by atoms with Crippen molar-refractivity contribution in [2.75, 3.05) is 25.1 Å². The summed E-state index contributed by atoms with van der Waals surface area (Å²) in [6.07, 6.45) is 2.25. The monoisotopic (exact) mass is 322 g/mol. The number of hydrogen-bond acceptors (Lipinski definition) is 2. The zero-order chi connectivity index (χ0) is 14.3. The first-order chi connectivity index (χ1) is 8.97. The zero-order valence-corrected chi connectivity index (χ0v) is 12.9. The second kappa shape index (κ2) is 8.40. The minimum absolute atomic E-state index is 0.265. The van der Waals surface area contributed by atoms with Gasteiger partial charge in [-0.2, -0.15) is 0 Å². The molecule has 0 bridgehead atoms. The van der Waals surface area contributed by atoms with Gasteiger partial charge in [-0.15, -0.1) is 0 Å². The fourth-order valence-electron chi connectivity index (χ4n) is 1.45. The van der Waals surface area contributed by atoms with Crippen LogP contribution >= 0.6 is 23.2 Å². The molecule has 1 atom stereocenters. The highest BCUT2D eigenvalue weighted by Crippen LogP contribution is 2.19. The van der Waals surface area contributed by atoms with E-state index in [9.17, 15) is 9.00 Å². The number of amides is 2. The van der Waals surface area contributed by atoms with Gasteiger partial charge in [-0.1, -0.05) is 23.2 Å². The summed E-state index contributed by atoms with van der Waals surface area (Å²) in [7, 11) is -0.895. The van der Waals surface area contributed by atoms with Crippen LogP contribution in [0.3, 0.4) is 0 Å². The van der Waals surface area contributed by atoms with E-state index < -0.39 is 10.8 Å². The first kappa shape index (κ1) is 16.3. The highest BCUT2D eigenvalue weighted by atomic mass is 35.5. The Labute approximate surface area is 125 Å². The first-order valence-electron chi connectivity index (χ1n) is 5.74. The summed E-state index contributed by atoms with van der Waals surface area (Å²) in [6.45, 7) is 0.885. The van der Waals surface area contributed by atoms with Crippen molar-refractivity contribution in [1.82, 2.24) is 10.6 Å². The molecular weight excluding hydrogens is 307 g/mol. The fourth-order valence-corrected chi connectivity index (χ4v) is 2.41. The first-order valence-corrected chi connectivity index (χ1v) is 8.22. The molecule has 0 aromatic heterocycles. The van der Waals surface area contributed by atoms with Crippen LogP contribution in [-0.4, -0.2) is 35.3 Å². The van der Waals surface area contributed by atoms with Crippen LogP contribution < -0.4 is 10.6 Å². The van der Waals surface area contributed by atoms with Crippen LogP contribution in [0, 0.1) is 0 Å². The Kier molecular flexibility index (Phi) is 7.20. The van der Waals surface area contributed by atoms with Gasteiger partial charge >= 0.3 is 6.03 Å². The molecule has 0 fully saturated rings. The standard InChI is InChI=1S/C12H16Cl2N2O2S/c1-19(18)5-4-16-12(17)15-3-2-9-6-10(13)8-11(14)7-9/h6-8H,2-5H2,1H3,(H2,15,16,17)/t19-/m1/s1. The minimum atomic E-state index is -0.895. The largest absolute Gasteiger partial charge is 0.338 e. The topological polar surface area (TPSA) is 58.2 Å². The van der Waals surface area contributed by atoms with E-state index in [0.717, 1.165) is 5.56 Å². The average Bonchev–Trinajstić information content (AvgIpc) is 2.27. The van der Waals surface area contributed by atoms with Crippen molar-refractivity contribution in [3.8, 4) is 0 Å². The predicted octanol–water partition coefficient (Wildman–Crippen LogP) is 2.21. The average molecular weight is 323 g/mol. The van der Waals surface area contributed by atoms with E-state index in [-0.39, 0.29) is 6.03 Å². The summed E-state index contributed by atoms with van der Waals surface area (Å²) in [5.74, 6) is 0.456. The Morgan fingerprint density at radius 2 is 1.74 bits per heavy atom. The van der Waals surface area contributed by atoms with Crippen LogP contribution in [0.25, 0.3) is 0 Å². The molecule has 0 saturated heterocycles. The van der Waals surface area contributed by atoms with E-state index in [1.54, 1.807) is 12.3 Å². The smallest absolute Gasteiger partial charge is 0.314 e. The second-order valence-electron chi connectivity index (χ2n) is 3.99. The highest BCUT2D eigenvalue weighted by Gasteiger charge is 2.02. The highest BCUT2D eigenvalue weighted by molar-refractivity contribution is 7.84. The van der Waals surface area contributed by atoms with Gasteiger partial charge in [0.15, 0.2) is 0 Å². The van der Waals surface area contributed by atoms with Crippen molar-refractivity contribution < 1.29 is 9.00 Å². The predicted molar refractivity (Wildman–Crippen MR) is 80.5 cm³/mol. The number of benzene rings is 1. The number of urea groups is 1. The van der Waals surface area contributed by atoms with Crippen LogP contribution in [0.15, 0.2) is 18.2 Å². The van der Waals surface area contributed by atoms with E-state index in [1.165, 1.54) is 0 Å². The van der Waals surface area contributed by atoms with Gasteiger partial charge in [-0.05, 0) is 30.2 Å². The Morgan fingerprint density at radius 3 is 2.32 bits per heavy atom. The van der Waals surface area contributed by atoms with E-state index in [0.29, 0.717) is 35.3 Å². The molecule has 0 aliphatic rings. The third-order valence-corrected chi connectivity index (χ3v) is 3.51. The lowest BCUT2D eigenvalue weighted by Crippen LogP contribution is -2.38. The Hall–Kier alpha value is -0.780. The molecule has 0 aliphatic carbocycles. The number of halogens is 2. The summed E-state index contributed by atoms with van der Waals surface area (Å²) in [5.41, 5.74) is 0.965. The summed E-state index contributed by atoms with van der Waals surface area (Å²) < 4.78 is 10.8. The van der Waals surface area contributed by atoms with Gasteiger partial charge in [-0.3, -0.25) is 4.21 Å². The number of carbonyl (C=O) groups excluding carboxylic acids is 1. The number of nitrogens with one attached hydrogen (secondary N) is 2. The van der Waals surface area contributed by atoms with E-state index in [2.05, 4.69) is 10.6 Å². The molecule has 0 spiro atoms. The van der Waals surface area contributed by atoms with E-state index >= 15 is 0 Å². The van der Waals surface area contributed by atoms with E-state index in [1.807, 2.05) is 12.1 Å². The maximum atomic E-state index is 11.4. The van der Waals surface area contributed by atoms with Gasteiger partial charge in [0.05, 0.1) is 0 Å². The molecule has 0 unspecified atom stereocenters. The molecule has 1 aromatic carbocycles. The molecule has 7 heteroatoms. The number of rotatable bonds is 6. The molecule has 4 nitrogen and oxygen atoms in total. The van der Waals surface area contributed by atoms with E-state index in [4.69, 9.17) is 23.2 Å². The Bertz CT molecular complexity index is 449. The van der Waals surface area contributed by atoms with Crippen LogP contribution in [0.5, 0.6) is 0 Å². The molecule has 106 valence electrons. The summed E-state index contributed by atoms with van der Waals surface area (Å²) in [4.78, 5) is 11.4. The van der Waals surface area contributed by atoms with Gasteiger partial charge in [0.1, 0.15) is 0 Å². The van der Waals surface area contributed by atoms with Crippen molar-refractivity contribution in [1.29, 1.82) is 0 Å². The van der Waals surface area contributed by atoms with Crippen molar-refractivity contribution in [3.63, 3.8) is 0 Å². The van der Waals surface area contributed by atoms with Gasteiger partial charge in [-0.25, -0.2) is 4.79 Å². The van der Waals surface area contributed by atoms with Gasteiger partial charge in [0.25, 0.3) is 0 Å². The molecule has 1 aromatic rings. The lowest BCUT2D eigenvalue weighted by atomic mass is 10.1. The van der Waals surface area contributed by atoms with Gasteiger partial charge in [0, 0.05) is 45.9 Å². The molecule has 2 amide bonds. The second-order valence-corrected chi connectivity index (χ2v) is 6.42. The quantitative estimate of drug-likeness (QED) is 0.843. The fraction of sp³-hybridized carbons (Fsp3) is 0.417. The molecule has 2 N–H and O–H groups in total. The van der Waals surface area contributed by atoms with Gasteiger partial charge < -0.3 is 10.6 Å². The molecule has 0 saturated carbocycles. The molecule has 0 aliphatic heterocycles. The minimum Gasteiger partial charge on any atom is -0.338 e. The maximum Gasteiger partial charge on any atom is 0.314 e. The lowest BCUT2D eigenvalue weighted by Gasteiger charge is -2.07. The molecule has 1 rings (SSSR count). The van der Waals surface area contributed by atoms with Crippen molar-refractivity contribution in [2.45, 2.75) is 6.42 Å². The lowest BCUT2D eigenvalue weighted by molar-refractivity contribution is 0.241. The third kappa shape index (κ3) is 7.40. The van der Waals surface area contributed by atoms with Crippen molar-refractivity contribution >= 4 is 40.0 Å². The van der Waals surface area contributed by atoms with Crippen LogP contribution in [0.4, 0.5) is 4.79 Å². The third-order valence-electron chi connectivity index (χ3n) is 2.30. The van der Waals surface area contributed by atoms with Gasteiger partial charge in [0.2, 0.25) is 0 Å². The number of carbonyl (C=O) groups is 1. The SMILES string of the molecule is C[S@@](=O)CCNC(=O)NCCc1cc(Cl)cc(Cl)c1. The summed E-state index contributed by atoms with van der Waals surface area (Å²) in [6, 6.07) is 5.02. The zero-order valence-electron chi connectivity index (χ0n) is 10.5. The Morgan fingerprint density at radius 1 is 1.16 bits per heavy atom. The van der Waals surface area contributed by atoms with Crippen LogP contribution in [0.2, 0.25) is 10.0 Å². The molecular formula is C12H16Cl2N2O2S. The summed E-state index contributed by atoms with van der Waals surface area (Å²) in [5, 5.41) is 6.50. The summed E-state index contributed by atoms with van der Waals surface area (Å²) >= 11 is 11.8. The molecule has 0 radical (unpaired) electrons. The Balaban J connectivity index is 2.26. The molecule has 19 heavy (non-hydrogen) atoms. The molecule has 0 heterocycles. The number of hydrogen-bond donors (Lipinski definition) is 2. The normalized spacial score (nSPS) is 11.9. The maximum absolute atomic E-state index is 11.4. The van der Waals surface area contributed by atoms with Crippen LogP contribution in [0.1, 0.15) is 5.56 Å². The van der Waals surface area contributed by atoms with Crippen molar-refractivity contribution in [2.24, 2.45) is 0 Å². The van der Waals surface area contributed by atoms with Crippen LogP contribution in [-0.2, 0) is 17.2 Å². The van der Waals surface area contributed by atoms with Crippen molar-refractivity contribution in [3.05, 3.63) is 33.8 Å².